The number of nitrogens with zero attached hydrogens (tertiary/aromatic N) is 3. The van der Waals surface area contributed by atoms with Gasteiger partial charge in [0.15, 0.2) is 11.6 Å². The Hall–Kier alpha value is -2.77. The lowest BCUT2D eigenvalue weighted by atomic mass is 10.2. The van der Waals surface area contributed by atoms with Crippen molar-refractivity contribution < 1.29 is 13.5 Å². The Morgan fingerprint density at radius 1 is 1.14 bits per heavy atom. The van der Waals surface area contributed by atoms with Crippen LogP contribution in [0.5, 0.6) is 5.75 Å². The molecule has 28 heavy (non-hydrogen) atoms. The molecule has 0 aliphatic carbocycles. The number of halogens is 1. The summed E-state index contributed by atoms with van der Waals surface area (Å²) in [6.07, 6.45) is 0. The first-order chi connectivity index (χ1) is 13.5. The van der Waals surface area contributed by atoms with Gasteiger partial charge in [0.25, 0.3) is 0 Å². The van der Waals surface area contributed by atoms with Crippen molar-refractivity contribution in [3.8, 4) is 17.2 Å². The van der Waals surface area contributed by atoms with E-state index in [1.807, 2.05) is 32.2 Å². The van der Waals surface area contributed by atoms with Gasteiger partial charge in [0.05, 0.1) is 29.6 Å². The number of rotatable bonds is 6. The van der Waals surface area contributed by atoms with Crippen LogP contribution in [-0.4, -0.2) is 29.0 Å². The smallest absolute Gasteiger partial charge is 0.226 e. The number of hydrogen-bond donors (Lipinski definition) is 0. The van der Waals surface area contributed by atoms with Crippen LogP contribution >= 0.6 is 11.3 Å². The van der Waals surface area contributed by atoms with E-state index >= 15 is 0 Å². The van der Waals surface area contributed by atoms with Gasteiger partial charge in [-0.15, -0.1) is 11.3 Å². The molecule has 0 aliphatic rings. The summed E-state index contributed by atoms with van der Waals surface area (Å²) in [5, 5.41) is 1.06. The molecule has 0 fully saturated rings. The first-order valence-electron chi connectivity index (χ1n) is 8.86. The topological polar surface area (TPSA) is 51.4 Å². The maximum absolute atomic E-state index is 13.6. The molecule has 0 spiro atoms. The van der Waals surface area contributed by atoms with Crippen molar-refractivity contribution >= 4 is 21.6 Å². The third kappa shape index (κ3) is 3.76. The number of methoxy groups -OCH3 is 1. The highest BCUT2D eigenvalue weighted by Gasteiger charge is 2.16. The summed E-state index contributed by atoms with van der Waals surface area (Å²) in [6, 6.07) is 12.7. The first kappa shape index (κ1) is 18.6. The second-order valence-electron chi connectivity index (χ2n) is 6.62. The SMILES string of the molecule is COc1cc(-c2nc(CN(C)Cc3nc4ccccc4s3)c(C)o2)ccc1F. The van der Waals surface area contributed by atoms with Gasteiger partial charge < -0.3 is 9.15 Å². The van der Waals surface area contributed by atoms with Crippen LogP contribution in [0.4, 0.5) is 4.39 Å². The average Bonchev–Trinajstić information content (AvgIpc) is 3.25. The number of aromatic nitrogens is 2. The fraction of sp³-hybridized carbons (Fsp3) is 0.238. The van der Waals surface area contributed by atoms with Crippen molar-refractivity contribution in [1.29, 1.82) is 0 Å². The Morgan fingerprint density at radius 3 is 2.75 bits per heavy atom. The summed E-state index contributed by atoms with van der Waals surface area (Å²) >= 11 is 1.70. The number of fused-ring (bicyclic) bond motifs is 1. The maximum Gasteiger partial charge on any atom is 0.226 e. The molecule has 2 aromatic carbocycles. The van der Waals surface area contributed by atoms with Crippen molar-refractivity contribution in [2.45, 2.75) is 20.0 Å². The van der Waals surface area contributed by atoms with Gasteiger partial charge in [-0.3, -0.25) is 4.90 Å². The van der Waals surface area contributed by atoms with Crippen LogP contribution in [0.2, 0.25) is 0 Å². The zero-order chi connectivity index (χ0) is 19.7. The minimum absolute atomic E-state index is 0.169. The molecule has 0 unspecified atom stereocenters. The monoisotopic (exact) mass is 397 g/mol. The van der Waals surface area contributed by atoms with E-state index in [1.165, 1.54) is 17.9 Å². The number of oxazole rings is 1. The molecule has 0 atom stereocenters. The Bertz CT molecular complexity index is 1090. The highest BCUT2D eigenvalue weighted by atomic mass is 32.1. The molecule has 2 heterocycles. The maximum atomic E-state index is 13.6. The standard InChI is InChI=1S/C21H20FN3O2S/c1-13-17(24-21(27-13)14-8-9-15(22)18(10-14)26-3)11-25(2)12-20-23-16-6-4-5-7-19(16)28-20/h4-10H,11-12H2,1-3H3. The number of thiazole rings is 1. The van der Waals surface area contributed by atoms with Gasteiger partial charge in [0.2, 0.25) is 5.89 Å². The summed E-state index contributed by atoms with van der Waals surface area (Å²) in [5.74, 6) is 0.960. The van der Waals surface area contributed by atoms with Crippen LogP contribution in [0.1, 0.15) is 16.5 Å². The van der Waals surface area contributed by atoms with Gasteiger partial charge >= 0.3 is 0 Å². The Kier molecular flexibility index (Phi) is 5.11. The van der Waals surface area contributed by atoms with Crippen LogP contribution < -0.4 is 4.74 Å². The highest BCUT2D eigenvalue weighted by molar-refractivity contribution is 7.18. The number of aryl methyl sites for hydroxylation is 1. The molecule has 144 valence electrons. The van der Waals surface area contributed by atoms with Crippen LogP contribution in [0.25, 0.3) is 21.7 Å². The number of para-hydroxylation sites is 1. The van der Waals surface area contributed by atoms with E-state index in [9.17, 15) is 4.39 Å². The molecule has 4 rings (SSSR count). The van der Waals surface area contributed by atoms with Crippen LogP contribution in [0.15, 0.2) is 46.9 Å². The minimum Gasteiger partial charge on any atom is -0.494 e. The number of ether oxygens (including phenoxy) is 1. The average molecular weight is 397 g/mol. The summed E-state index contributed by atoms with van der Waals surface area (Å²) < 4.78 is 25.7. The third-order valence-electron chi connectivity index (χ3n) is 4.45. The lowest BCUT2D eigenvalue weighted by Crippen LogP contribution is -2.17. The van der Waals surface area contributed by atoms with Crippen molar-refractivity contribution in [1.82, 2.24) is 14.9 Å². The zero-order valence-electron chi connectivity index (χ0n) is 15.9. The van der Waals surface area contributed by atoms with Gasteiger partial charge in [0, 0.05) is 12.1 Å². The van der Waals surface area contributed by atoms with E-state index in [0.29, 0.717) is 18.0 Å². The normalized spacial score (nSPS) is 11.5. The molecule has 0 amide bonds. The van der Waals surface area contributed by atoms with Crippen LogP contribution in [-0.2, 0) is 13.1 Å². The molecule has 0 saturated carbocycles. The van der Waals surface area contributed by atoms with Gasteiger partial charge in [-0.2, -0.15) is 0 Å². The summed E-state index contributed by atoms with van der Waals surface area (Å²) in [5.41, 5.74) is 2.56. The molecule has 0 bridgehead atoms. The zero-order valence-corrected chi connectivity index (χ0v) is 16.7. The predicted octanol–water partition coefficient (Wildman–Crippen LogP) is 5.04. The lowest BCUT2D eigenvalue weighted by molar-refractivity contribution is 0.313. The van der Waals surface area contributed by atoms with Crippen molar-refractivity contribution in [3.63, 3.8) is 0 Å². The molecule has 5 nitrogen and oxygen atoms in total. The second-order valence-corrected chi connectivity index (χ2v) is 7.73. The number of hydrogen-bond acceptors (Lipinski definition) is 6. The molecule has 4 aromatic rings. The van der Waals surface area contributed by atoms with Crippen LogP contribution in [0, 0.1) is 12.7 Å². The van der Waals surface area contributed by atoms with E-state index < -0.39 is 5.82 Å². The van der Waals surface area contributed by atoms with E-state index in [1.54, 1.807) is 23.5 Å². The molecule has 7 heteroatoms. The van der Waals surface area contributed by atoms with E-state index in [-0.39, 0.29) is 5.75 Å². The largest absolute Gasteiger partial charge is 0.494 e. The Labute approximate surface area is 166 Å². The lowest BCUT2D eigenvalue weighted by Gasteiger charge is -2.13. The van der Waals surface area contributed by atoms with Crippen molar-refractivity contribution in [2.75, 3.05) is 14.2 Å². The highest BCUT2D eigenvalue weighted by Crippen LogP contribution is 2.28. The fourth-order valence-corrected chi connectivity index (χ4v) is 4.07. The second kappa shape index (κ2) is 7.69. The first-order valence-corrected chi connectivity index (χ1v) is 9.68. The fourth-order valence-electron chi connectivity index (χ4n) is 3.02. The molecule has 0 radical (unpaired) electrons. The van der Waals surface area contributed by atoms with E-state index in [0.717, 1.165) is 28.5 Å². The van der Waals surface area contributed by atoms with E-state index in [4.69, 9.17) is 9.15 Å². The van der Waals surface area contributed by atoms with E-state index in [2.05, 4.69) is 20.9 Å². The Balaban J connectivity index is 1.50. The predicted molar refractivity (Wildman–Crippen MR) is 108 cm³/mol. The van der Waals surface area contributed by atoms with Gasteiger partial charge in [-0.05, 0) is 44.3 Å². The van der Waals surface area contributed by atoms with Crippen molar-refractivity contribution in [2.24, 2.45) is 0 Å². The quantitative estimate of drug-likeness (QED) is 0.456. The summed E-state index contributed by atoms with van der Waals surface area (Å²) in [4.78, 5) is 11.4. The Morgan fingerprint density at radius 2 is 1.96 bits per heavy atom. The molecule has 0 saturated heterocycles. The molecular weight excluding hydrogens is 377 g/mol. The molecule has 0 aliphatic heterocycles. The third-order valence-corrected chi connectivity index (χ3v) is 5.47. The van der Waals surface area contributed by atoms with Crippen molar-refractivity contribution in [3.05, 3.63) is 64.7 Å². The van der Waals surface area contributed by atoms with Gasteiger partial charge in [-0.1, -0.05) is 12.1 Å². The number of benzene rings is 2. The van der Waals surface area contributed by atoms with Gasteiger partial charge in [0.1, 0.15) is 10.8 Å². The van der Waals surface area contributed by atoms with Gasteiger partial charge in [-0.25, -0.2) is 14.4 Å². The minimum atomic E-state index is -0.412. The molecule has 0 N–H and O–H groups in total. The van der Waals surface area contributed by atoms with Crippen LogP contribution in [0.3, 0.4) is 0 Å². The summed E-state index contributed by atoms with van der Waals surface area (Å²) in [7, 11) is 3.46. The molecule has 2 aromatic heterocycles. The molecular formula is C21H20FN3O2S. The summed E-state index contributed by atoms with van der Waals surface area (Å²) in [6.45, 7) is 3.24.